The zero-order chi connectivity index (χ0) is 8.20. The Hall–Kier alpha value is 0.955. The minimum absolute atomic E-state index is 0. The normalized spacial score (nSPS) is 17.0. The molecule has 0 bridgehead atoms. The molecule has 0 aromatic rings. The molecule has 1 unspecified atom stereocenters. The van der Waals surface area contributed by atoms with Crippen molar-refractivity contribution in [2.75, 3.05) is 6.54 Å². The van der Waals surface area contributed by atoms with Gasteiger partial charge in [-0.2, -0.15) is 0 Å². The number of aliphatic hydroxyl groups is 1. The second kappa shape index (κ2) is 6.47. The minimum atomic E-state index is -0.698. The van der Waals surface area contributed by atoms with E-state index in [2.05, 4.69) is 4.99 Å². The van der Waals surface area contributed by atoms with Crippen LogP contribution in [0.4, 0.5) is 0 Å². The van der Waals surface area contributed by atoms with Crippen LogP contribution < -0.4 is 0 Å². The summed E-state index contributed by atoms with van der Waals surface area (Å²) < 4.78 is 0. The van der Waals surface area contributed by atoms with Crippen molar-refractivity contribution < 1.29 is 45.0 Å². The molecule has 1 atom stereocenters. The SMILES string of the molecule is CCN=C(C)C(C)(O)CC.[Gd]. The van der Waals surface area contributed by atoms with E-state index in [-0.39, 0.29) is 39.9 Å². The maximum Gasteiger partial charge on any atom is 0.0988 e. The predicted molar refractivity (Wildman–Crippen MR) is 44.6 cm³/mol. The Labute approximate surface area is 101 Å². The van der Waals surface area contributed by atoms with Crippen molar-refractivity contribution >= 4 is 5.71 Å². The van der Waals surface area contributed by atoms with Crippen LogP contribution in [0.1, 0.15) is 34.1 Å². The van der Waals surface area contributed by atoms with Crippen LogP contribution in [0.5, 0.6) is 0 Å². The first kappa shape index (κ1) is 14.5. The summed E-state index contributed by atoms with van der Waals surface area (Å²) in [5.74, 6) is 0. The Morgan fingerprint density at radius 3 is 2.18 bits per heavy atom. The van der Waals surface area contributed by atoms with E-state index in [9.17, 15) is 5.11 Å². The predicted octanol–water partition coefficient (Wildman–Crippen LogP) is 1.63. The third kappa shape index (κ3) is 5.23. The Morgan fingerprint density at radius 2 is 1.91 bits per heavy atom. The molecule has 1 N–H and O–H groups in total. The van der Waals surface area contributed by atoms with Crippen LogP contribution in [-0.2, 0) is 0 Å². The molecular weight excluding hydrogens is 283 g/mol. The second-order valence-corrected chi connectivity index (χ2v) is 2.69. The Balaban J connectivity index is 0. The number of hydrogen-bond donors (Lipinski definition) is 1. The molecule has 0 aliphatic carbocycles. The molecule has 3 heteroatoms. The summed E-state index contributed by atoms with van der Waals surface area (Å²) in [6, 6.07) is 0. The average molecular weight is 300 g/mol. The molecule has 0 heterocycles. The van der Waals surface area contributed by atoms with Crippen molar-refractivity contribution in [3.8, 4) is 0 Å². The summed E-state index contributed by atoms with van der Waals surface area (Å²) in [6.07, 6.45) is 0.725. The van der Waals surface area contributed by atoms with Crippen LogP contribution >= 0.6 is 0 Å². The van der Waals surface area contributed by atoms with Gasteiger partial charge in [0.05, 0.1) is 5.60 Å². The topological polar surface area (TPSA) is 32.6 Å². The molecule has 2 nitrogen and oxygen atoms in total. The van der Waals surface area contributed by atoms with Gasteiger partial charge < -0.3 is 5.11 Å². The van der Waals surface area contributed by atoms with E-state index in [1.165, 1.54) is 0 Å². The third-order valence-electron chi connectivity index (χ3n) is 1.86. The Kier molecular flexibility index (Phi) is 8.51. The van der Waals surface area contributed by atoms with E-state index in [1.54, 1.807) is 6.92 Å². The van der Waals surface area contributed by atoms with E-state index < -0.39 is 5.60 Å². The smallest absolute Gasteiger partial charge is 0.0988 e. The molecule has 0 radical (unpaired) electrons. The van der Waals surface area contributed by atoms with Crippen LogP contribution in [0.2, 0.25) is 0 Å². The van der Waals surface area contributed by atoms with Gasteiger partial charge in [0.25, 0.3) is 0 Å². The van der Waals surface area contributed by atoms with Crippen molar-refractivity contribution in [1.82, 2.24) is 0 Å². The summed E-state index contributed by atoms with van der Waals surface area (Å²) >= 11 is 0. The summed E-state index contributed by atoms with van der Waals surface area (Å²) in [5.41, 5.74) is 0.133. The van der Waals surface area contributed by atoms with Crippen LogP contribution in [0.3, 0.4) is 0 Å². The molecule has 0 aromatic heterocycles. The summed E-state index contributed by atoms with van der Waals surface area (Å²) in [6.45, 7) is 8.33. The minimum Gasteiger partial charge on any atom is -0.384 e. The maximum atomic E-state index is 9.59. The fraction of sp³-hybridized carbons (Fsp3) is 0.875. The fourth-order valence-electron chi connectivity index (χ4n) is 0.663. The molecule has 11 heavy (non-hydrogen) atoms. The first-order valence-corrected chi connectivity index (χ1v) is 3.78. The number of rotatable bonds is 3. The van der Waals surface area contributed by atoms with E-state index >= 15 is 0 Å². The molecule has 0 saturated carbocycles. The molecule has 0 spiro atoms. The molecule has 0 saturated heterocycles. The number of nitrogens with zero attached hydrogens (tertiary/aromatic N) is 1. The second-order valence-electron chi connectivity index (χ2n) is 2.69. The summed E-state index contributed by atoms with van der Waals surface area (Å²) in [7, 11) is 0. The summed E-state index contributed by atoms with van der Waals surface area (Å²) in [5, 5.41) is 9.59. The van der Waals surface area contributed by atoms with Crippen molar-refractivity contribution in [3.05, 3.63) is 0 Å². The number of aliphatic imine (C=N–C) groups is 1. The van der Waals surface area contributed by atoms with Gasteiger partial charge in [-0.15, -0.1) is 0 Å². The van der Waals surface area contributed by atoms with Crippen molar-refractivity contribution in [3.63, 3.8) is 0 Å². The van der Waals surface area contributed by atoms with Crippen molar-refractivity contribution in [2.45, 2.75) is 39.7 Å². The first-order valence-electron chi connectivity index (χ1n) is 3.78. The zero-order valence-electron chi connectivity index (χ0n) is 7.66. The molecule has 0 fully saturated rings. The molecular formula is C8H17GdNO. The van der Waals surface area contributed by atoms with Gasteiger partial charge in [-0.1, -0.05) is 6.92 Å². The van der Waals surface area contributed by atoms with Crippen LogP contribution in [-0.4, -0.2) is 23.0 Å². The van der Waals surface area contributed by atoms with Gasteiger partial charge in [0.15, 0.2) is 0 Å². The molecule has 0 rings (SSSR count). The molecule has 0 amide bonds. The Morgan fingerprint density at radius 1 is 1.45 bits per heavy atom. The van der Waals surface area contributed by atoms with E-state index in [0.29, 0.717) is 0 Å². The van der Waals surface area contributed by atoms with Crippen molar-refractivity contribution in [2.24, 2.45) is 4.99 Å². The van der Waals surface area contributed by atoms with Gasteiger partial charge in [0.1, 0.15) is 0 Å². The van der Waals surface area contributed by atoms with Gasteiger partial charge in [0.2, 0.25) is 0 Å². The molecule has 0 aromatic carbocycles. The van der Waals surface area contributed by atoms with Crippen LogP contribution in [0.15, 0.2) is 4.99 Å². The van der Waals surface area contributed by atoms with Gasteiger partial charge in [-0.3, -0.25) is 4.99 Å². The van der Waals surface area contributed by atoms with E-state index in [1.807, 2.05) is 20.8 Å². The molecule has 68 valence electrons. The monoisotopic (exact) mass is 301 g/mol. The average Bonchev–Trinajstić information content (AvgIpc) is 1.89. The third-order valence-corrected chi connectivity index (χ3v) is 1.86. The fourth-order valence-corrected chi connectivity index (χ4v) is 0.663. The van der Waals surface area contributed by atoms with Crippen LogP contribution in [0, 0.1) is 39.9 Å². The number of hydrogen-bond acceptors (Lipinski definition) is 2. The van der Waals surface area contributed by atoms with Crippen LogP contribution in [0.25, 0.3) is 0 Å². The standard InChI is InChI=1S/C8H17NO.Gd/c1-5-8(4,10)7(3)9-6-2;/h10H,5-6H2,1-4H3;. The largest absolute Gasteiger partial charge is 0.384 e. The maximum absolute atomic E-state index is 9.59. The van der Waals surface area contributed by atoms with Gasteiger partial charge >= 0.3 is 0 Å². The zero-order valence-corrected chi connectivity index (χ0v) is 9.93. The van der Waals surface area contributed by atoms with E-state index in [0.717, 1.165) is 18.7 Å². The summed E-state index contributed by atoms with van der Waals surface area (Å²) in [4.78, 5) is 4.13. The Bertz CT molecular complexity index is 132. The quantitative estimate of drug-likeness (QED) is 0.790. The van der Waals surface area contributed by atoms with Gasteiger partial charge in [-0.25, -0.2) is 0 Å². The van der Waals surface area contributed by atoms with Crippen molar-refractivity contribution in [1.29, 1.82) is 0 Å². The molecule has 0 aliphatic rings. The van der Waals surface area contributed by atoms with E-state index in [4.69, 9.17) is 0 Å². The first-order chi connectivity index (χ1) is 4.54. The van der Waals surface area contributed by atoms with Gasteiger partial charge in [0, 0.05) is 52.2 Å². The van der Waals surface area contributed by atoms with Gasteiger partial charge in [-0.05, 0) is 27.2 Å². The molecule has 0 aliphatic heterocycles.